The van der Waals surface area contributed by atoms with Crippen LogP contribution in [0, 0.1) is 0 Å². The molecule has 2 aliphatic heterocycles. The largest absolute Gasteiger partial charge is 0.381 e. The zero-order valence-corrected chi connectivity index (χ0v) is 15.8. The van der Waals surface area contributed by atoms with Crippen LogP contribution in [0.5, 0.6) is 0 Å². The number of aromatic amines is 1. The number of nitrogens with zero attached hydrogens (tertiary/aromatic N) is 2. The molecule has 0 radical (unpaired) electrons. The van der Waals surface area contributed by atoms with Gasteiger partial charge in [-0.1, -0.05) is 11.6 Å². The summed E-state index contributed by atoms with van der Waals surface area (Å²) in [6.07, 6.45) is 7.28. The summed E-state index contributed by atoms with van der Waals surface area (Å²) >= 11 is 6.07. The Labute approximate surface area is 158 Å². The first-order valence-corrected chi connectivity index (χ1v) is 9.72. The van der Waals surface area contributed by atoms with E-state index in [9.17, 15) is 0 Å². The SMILES string of the molecule is C[C@@H]1CCCCO1.Clc1ccc2ncc3[nH]c([C@H]4CCOC4)nc3c2c1. The highest BCUT2D eigenvalue weighted by molar-refractivity contribution is 6.31. The molecule has 0 saturated carbocycles. The van der Waals surface area contributed by atoms with Gasteiger partial charge in [0.2, 0.25) is 0 Å². The summed E-state index contributed by atoms with van der Waals surface area (Å²) < 4.78 is 10.7. The number of benzene rings is 1. The van der Waals surface area contributed by atoms with Gasteiger partial charge in [0.05, 0.1) is 35.5 Å². The molecule has 26 heavy (non-hydrogen) atoms. The van der Waals surface area contributed by atoms with Gasteiger partial charge in [0, 0.05) is 29.5 Å². The van der Waals surface area contributed by atoms with Crippen molar-refractivity contribution in [2.75, 3.05) is 19.8 Å². The van der Waals surface area contributed by atoms with E-state index < -0.39 is 0 Å². The molecule has 0 aliphatic carbocycles. The lowest BCUT2D eigenvalue weighted by molar-refractivity contribution is 0.0285. The van der Waals surface area contributed by atoms with Gasteiger partial charge in [0.1, 0.15) is 5.82 Å². The molecule has 2 fully saturated rings. The Bertz CT molecular complexity index is 883. The van der Waals surface area contributed by atoms with Crippen LogP contribution < -0.4 is 0 Å². The fraction of sp³-hybridized carbons (Fsp3) is 0.500. The van der Waals surface area contributed by atoms with Crippen molar-refractivity contribution in [2.45, 2.75) is 44.6 Å². The Balaban J connectivity index is 0.000000204. The minimum absolute atomic E-state index is 0.363. The lowest BCUT2D eigenvalue weighted by Crippen LogP contribution is -2.14. The Kier molecular flexibility index (Phi) is 5.38. The van der Waals surface area contributed by atoms with Crippen LogP contribution in [0.3, 0.4) is 0 Å². The molecule has 6 heteroatoms. The lowest BCUT2D eigenvalue weighted by atomic mass is 10.1. The maximum atomic E-state index is 6.07. The van der Waals surface area contributed by atoms with Crippen LogP contribution >= 0.6 is 11.6 Å². The minimum Gasteiger partial charge on any atom is -0.381 e. The molecule has 2 aromatic heterocycles. The van der Waals surface area contributed by atoms with E-state index in [4.69, 9.17) is 26.1 Å². The molecule has 0 amide bonds. The molecule has 5 nitrogen and oxygen atoms in total. The van der Waals surface area contributed by atoms with Crippen LogP contribution in [0.2, 0.25) is 5.02 Å². The number of ether oxygens (including phenoxy) is 2. The van der Waals surface area contributed by atoms with Crippen molar-refractivity contribution >= 4 is 33.5 Å². The topological polar surface area (TPSA) is 60.0 Å². The molecule has 1 N–H and O–H groups in total. The molecule has 138 valence electrons. The van der Waals surface area contributed by atoms with Crippen molar-refractivity contribution in [1.82, 2.24) is 15.0 Å². The highest BCUT2D eigenvalue weighted by Gasteiger charge is 2.21. The molecule has 0 unspecified atom stereocenters. The summed E-state index contributed by atoms with van der Waals surface area (Å²) in [6, 6.07) is 5.69. The number of pyridine rings is 1. The Morgan fingerprint density at radius 3 is 2.81 bits per heavy atom. The summed E-state index contributed by atoms with van der Waals surface area (Å²) in [5.74, 6) is 1.35. The number of rotatable bonds is 1. The Hall–Kier alpha value is -1.69. The first-order chi connectivity index (χ1) is 12.7. The van der Waals surface area contributed by atoms with Crippen LogP contribution in [0.1, 0.15) is 44.3 Å². The Morgan fingerprint density at radius 2 is 2.12 bits per heavy atom. The number of hydrogen-bond acceptors (Lipinski definition) is 4. The van der Waals surface area contributed by atoms with Gasteiger partial charge >= 0.3 is 0 Å². The van der Waals surface area contributed by atoms with Gasteiger partial charge in [0.15, 0.2) is 0 Å². The first-order valence-electron chi connectivity index (χ1n) is 9.34. The van der Waals surface area contributed by atoms with E-state index in [1.54, 1.807) is 0 Å². The third kappa shape index (κ3) is 3.85. The number of fused-ring (bicyclic) bond motifs is 3. The van der Waals surface area contributed by atoms with Crippen molar-refractivity contribution in [3.63, 3.8) is 0 Å². The number of halogens is 1. The second-order valence-corrected chi connectivity index (χ2v) is 7.48. The van der Waals surface area contributed by atoms with Crippen molar-refractivity contribution in [2.24, 2.45) is 0 Å². The van der Waals surface area contributed by atoms with Gasteiger partial charge in [-0.2, -0.15) is 0 Å². The fourth-order valence-electron chi connectivity index (χ4n) is 3.49. The second-order valence-electron chi connectivity index (χ2n) is 7.04. The Morgan fingerprint density at radius 1 is 1.19 bits per heavy atom. The molecular formula is C20H24ClN3O2. The third-order valence-corrected chi connectivity index (χ3v) is 5.26. The lowest BCUT2D eigenvalue weighted by Gasteiger charge is -2.17. The summed E-state index contributed by atoms with van der Waals surface area (Å²) in [6.45, 7) is 4.68. The van der Waals surface area contributed by atoms with Gasteiger partial charge < -0.3 is 14.5 Å². The number of aromatic nitrogens is 3. The number of H-pyrrole nitrogens is 1. The van der Waals surface area contributed by atoms with Gasteiger partial charge in [-0.15, -0.1) is 0 Å². The van der Waals surface area contributed by atoms with Crippen molar-refractivity contribution in [3.8, 4) is 0 Å². The highest BCUT2D eigenvalue weighted by atomic mass is 35.5. The van der Waals surface area contributed by atoms with Crippen molar-refractivity contribution in [3.05, 3.63) is 35.2 Å². The van der Waals surface area contributed by atoms with Crippen molar-refractivity contribution < 1.29 is 9.47 Å². The average molecular weight is 374 g/mol. The van der Waals surface area contributed by atoms with Gasteiger partial charge in [-0.3, -0.25) is 4.98 Å². The molecular weight excluding hydrogens is 350 g/mol. The van der Waals surface area contributed by atoms with Crippen LogP contribution in [0.4, 0.5) is 0 Å². The maximum absolute atomic E-state index is 6.07. The number of hydrogen-bond donors (Lipinski definition) is 1. The smallest absolute Gasteiger partial charge is 0.112 e. The predicted octanol–water partition coefficient (Wildman–Crippen LogP) is 4.84. The predicted molar refractivity (Wildman–Crippen MR) is 104 cm³/mol. The van der Waals surface area contributed by atoms with Crippen LogP contribution in [0.15, 0.2) is 24.4 Å². The van der Waals surface area contributed by atoms with Gasteiger partial charge in [0.25, 0.3) is 0 Å². The van der Waals surface area contributed by atoms with E-state index in [-0.39, 0.29) is 0 Å². The second kappa shape index (κ2) is 7.91. The summed E-state index contributed by atoms with van der Waals surface area (Å²) in [4.78, 5) is 12.5. The van der Waals surface area contributed by atoms with Crippen molar-refractivity contribution in [1.29, 1.82) is 0 Å². The van der Waals surface area contributed by atoms with E-state index in [2.05, 4.69) is 16.9 Å². The normalized spacial score (nSPS) is 23.2. The standard InChI is InChI=1S/C14H12ClN3O.C6H12O/c15-9-1-2-11-10(5-9)13-12(6-16-11)17-14(18-13)8-3-4-19-7-8;1-6-4-2-3-5-7-6/h1-2,5-6,8H,3-4,7H2,(H,17,18);6H,2-5H2,1H3/t8-;6-/m01/s1. The average Bonchev–Trinajstić information content (AvgIpc) is 3.32. The van der Waals surface area contributed by atoms with Crippen LogP contribution in [0.25, 0.3) is 21.9 Å². The summed E-state index contributed by atoms with van der Waals surface area (Å²) in [7, 11) is 0. The zero-order valence-electron chi connectivity index (χ0n) is 15.0. The third-order valence-electron chi connectivity index (χ3n) is 5.02. The van der Waals surface area contributed by atoms with E-state index in [0.29, 0.717) is 17.0 Å². The number of imidazole rings is 1. The molecule has 2 atom stereocenters. The van der Waals surface area contributed by atoms with E-state index in [1.807, 2.05) is 24.4 Å². The molecule has 2 saturated heterocycles. The first kappa shape index (κ1) is 17.7. The monoisotopic (exact) mass is 373 g/mol. The van der Waals surface area contributed by atoms with Crippen LogP contribution in [-0.4, -0.2) is 40.9 Å². The highest BCUT2D eigenvalue weighted by Crippen LogP contribution is 2.29. The molecule has 0 bridgehead atoms. The zero-order chi connectivity index (χ0) is 17.9. The fourth-order valence-corrected chi connectivity index (χ4v) is 3.67. The van der Waals surface area contributed by atoms with E-state index in [1.165, 1.54) is 19.3 Å². The number of nitrogens with one attached hydrogen (secondary N) is 1. The van der Waals surface area contributed by atoms with Gasteiger partial charge in [-0.25, -0.2) is 4.98 Å². The molecule has 5 rings (SSSR count). The maximum Gasteiger partial charge on any atom is 0.112 e. The summed E-state index contributed by atoms with van der Waals surface area (Å²) in [5, 5.41) is 1.70. The van der Waals surface area contributed by atoms with E-state index in [0.717, 1.165) is 54.0 Å². The molecule has 0 spiro atoms. The quantitative estimate of drug-likeness (QED) is 0.662. The summed E-state index contributed by atoms with van der Waals surface area (Å²) in [5.41, 5.74) is 2.81. The molecule has 3 aromatic rings. The van der Waals surface area contributed by atoms with Gasteiger partial charge in [-0.05, 0) is 50.8 Å². The molecule has 2 aliphatic rings. The van der Waals surface area contributed by atoms with E-state index >= 15 is 0 Å². The minimum atomic E-state index is 0.363. The molecule has 1 aromatic carbocycles. The molecule has 4 heterocycles. The van der Waals surface area contributed by atoms with Crippen LogP contribution in [-0.2, 0) is 9.47 Å².